The summed E-state index contributed by atoms with van der Waals surface area (Å²) in [6, 6.07) is 11.4. The van der Waals surface area contributed by atoms with Gasteiger partial charge in [-0.2, -0.15) is 0 Å². The summed E-state index contributed by atoms with van der Waals surface area (Å²) in [5.41, 5.74) is 6.22. The minimum absolute atomic E-state index is 0.0309. The van der Waals surface area contributed by atoms with Crippen molar-refractivity contribution in [3.05, 3.63) is 63.2 Å². The molecule has 2 aromatic rings. The Morgan fingerprint density at radius 2 is 2.00 bits per heavy atom. The molecule has 19 heavy (non-hydrogen) atoms. The molecular formula is C13H11ClN2O3. The summed E-state index contributed by atoms with van der Waals surface area (Å²) in [6.45, 7) is 0.363. The number of nitro groups is 1. The van der Waals surface area contributed by atoms with Crippen LogP contribution in [-0.4, -0.2) is 4.92 Å². The molecule has 0 saturated carbocycles. The fourth-order valence-corrected chi connectivity index (χ4v) is 1.80. The Morgan fingerprint density at radius 3 is 2.68 bits per heavy atom. The zero-order valence-corrected chi connectivity index (χ0v) is 10.6. The van der Waals surface area contributed by atoms with Gasteiger partial charge in [0.15, 0.2) is 0 Å². The minimum atomic E-state index is -0.534. The number of hydrogen-bond acceptors (Lipinski definition) is 4. The van der Waals surface area contributed by atoms with Gasteiger partial charge in [0.1, 0.15) is 5.75 Å². The third-order valence-corrected chi connectivity index (χ3v) is 2.79. The molecule has 0 heterocycles. The van der Waals surface area contributed by atoms with Crippen LogP contribution >= 0.6 is 11.6 Å². The van der Waals surface area contributed by atoms with Crippen molar-refractivity contribution >= 4 is 17.3 Å². The monoisotopic (exact) mass is 278 g/mol. The average Bonchev–Trinajstić information content (AvgIpc) is 2.41. The molecule has 5 nitrogen and oxygen atoms in total. The largest absolute Gasteiger partial charge is 0.449 e. The average molecular weight is 279 g/mol. The van der Waals surface area contributed by atoms with Gasteiger partial charge in [-0.05, 0) is 23.8 Å². The molecule has 0 aliphatic rings. The van der Waals surface area contributed by atoms with Crippen molar-refractivity contribution < 1.29 is 9.66 Å². The Labute approximate surface area is 114 Å². The van der Waals surface area contributed by atoms with Crippen molar-refractivity contribution in [2.45, 2.75) is 6.54 Å². The van der Waals surface area contributed by atoms with E-state index in [2.05, 4.69) is 0 Å². The normalized spacial score (nSPS) is 10.2. The maximum atomic E-state index is 10.9. The molecule has 0 radical (unpaired) electrons. The van der Waals surface area contributed by atoms with Crippen LogP contribution in [0.2, 0.25) is 5.02 Å². The third-order valence-electron chi connectivity index (χ3n) is 2.50. The van der Waals surface area contributed by atoms with Crippen LogP contribution in [0.5, 0.6) is 11.5 Å². The van der Waals surface area contributed by atoms with Crippen LogP contribution in [0.25, 0.3) is 0 Å². The van der Waals surface area contributed by atoms with Crippen LogP contribution in [0.15, 0.2) is 42.5 Å². The van der Waals surface area contributed by atoms with Crippen LogP contribution in [-0.2, 0) is 6.54 Å². The first-order valence-corrected chi connectivity index (χ1v) is 5.89. The quantitative estimate of drug-likeness (QED) is 0.686. The molecule has 0 spiro atoms. The predicted octanol–water partition coefficient (Wildman–Crippen LogP) is 3.50. The number of ether oxygens (including phenoxy) is 1. The smallest absolute Gasteiger partial charge is 0.313 e. The first-order chi connectivity index (χ1) is 9.11. The Morgan fingerprint density at radius 1 is 1.26 bits per heavy atom. The van der Waals surface area contributed by atoms with Crippen molar-refractivity contribution in [1.82, 2.24) is 0 Å². The molecule has 98 valence electrons. The highest BCUT2D eigenvalue weighted by Gasteiger charge is 2.18. The van der Waals surface area contributed by atoms with Gasteiger partial charge in [0, 0.05) is 12.6 Å². The highest BCUT2D eigenvalue weighted by molar-refractivity contribution is 6.32. The van der Waals surface area contributed by atoms with Crippen LogP contribution in [0, 0.1) is 10.1 Å². The molecular weight excluding hydrogens is 268 g/mol. The van der Waals surface area contributed by atoms with E-state index in [4.69, 9.17) is 22.1 Å². The second-order valence-corrected chi connectivity index (χ2v) is 4.21. The number of nitro benzene ring substituents is 1. The van der Waals surface area contributed by atoms with E-state index in [9.17, 15) is 10.1 Å². The molecule has 0 aliphatic heterocycles. The van der Waals surface area contributed by atoms with Gasteiger partial charge in [0.25, 0.3) is 0 Å². The summed E-state index contributed by atoms with van der Waals surface area (Å²) in [6.07, 6.45) is 0. The Balaban J connectivity index is 2.40. The molecule has 0 aliphatic carbocycles. The second kappa shape index (κ2) is 5.69. The Kier molecular flexibility index (Phi) is 3.99. The van der Waals surface area contributed by atoms with Gasteiger partial charge in [0.2, 0.25) is 5.75 Å². The summed E-state index contributed by atoms with van der Waals surface area (Å²) in [5.74, 6) is 0.488. The fourth-order valence-electron chi connectivity index (χ4n) is 1.60. The lowest BCUT2D eigenvalue weighted by Crippen LogP contribution is -1.97. The first-order valence-electron chi connectivity index (χ1n) is 5.51. The maximum absolute atomic E-state index is 10.9. The SMILES string of the molecule is NCc1cccc(Oc2c(Cl)cccc2[N+](=O)[O-])c1. The van der Waals surface area contributed by atoms with E-state index >= 15 is 0 Å². The molecule has 0 atom stereocenters. The lowest BCUT2D eigenvalue weighted by Gasteiger charge is -2.08. The molecule has 0 amide bonds. The molecule has 0 bridgehead atoms. The number of benzene rings is 2. The van der Waals surface area contributed by atoms with Gasteiger partial charge in [-0.25, -0.2) is 0 Å². The topological polar surface area (TPSA) is 78.4 Å². The second-order valence-electron chi connectivity index (χ2n) is 3.80. The molecule has 0 fully saturated rings. The van der Waals surface area contributed by atoms with Crippen molar-refractivity contribution in [1.29, 1.82) is 0 Å². The summed E-state index contributed by atoms with van der Waals surface area (Å²) < 4.78 is 5.51. The third kappa shape index (κ3) is 3.01. The summed E-state index contributed by atoms with van der Waals surface area (Å²) in [5, 5.41) is 11.1. The van der Waals surface area contributed by atoms with E-state index in [1.165, 1.54) is 18.2 Å². The van der Waals surface area contributed by atoms with Crippen molar-refractivity contribution in [3.63, 3.8) is 0 Å². The standard InChI is InChI=1S/C13H11ClN2O3/c14-11-5-2-6-12(16(17)18)13(11)19-10-4-1-3-9(7-10)8-15/h1-7H,8,15H2. The fraction of sp³-hybridized carbons (Fsp3) is 0.0769. The summed E-state index contributed by atoms with van der Waals surface area (Å²) in [7, 11) is 0. The number of nitrogens with zero attached hydrogens (tertiary/aromatic N) is 1. The summed E-state index contributed by atoms with van der Waals surface area (Å²) in [4.78, 5) is 10.4. The van der Waals surface area contributed by atoms with Crippen LogP contribution < -0.4 is 10.5 Å². The number of nitrogens with two attached hydrogens (primary N) is 1. The van der Waals surface area contributed by atoms with E-state index in [1.807, 2.05) is 6.07 Å². The molecule has 2 aromatic carbocycles. The zero-order valence-electron chi connectivity index (χ0n) is 9.88. The van der Waals surface area contributed by atoms with Gasteiger partial charge >= 0.3 is 5.69 Å². The molecule has 2 rings (SSSR count). The van der Waals surface area contributed by atoms with Gasteiger partial charge in [-0.3, -0.25) is 10.1 Å². The molecule has 6 heteroatoms. The molecule has 0 unspecified atom stereocenters. The maximum Gasteiger partial charge on any atom is 0.313 e. The van der Waals surface area contributed by atoms with Gasteiger partial charge in [-0.1, -0.05) is 29.8 Å². The van der Waals surface area contributed by atoms with Crippen molar-refractivity contribution in [2.24, 2.45) is 5.73 Å². The van der Waals surface area contributed by atoms with Gasteiger partial charge < -0.3 is 10.5 Å². The number of hydrogen-bond donors (Lipinski definition) is 1. The van der Waals surface area contributed by atoms with Crippen molar-refractivity contribution in [3.8, 4) is 11.5 Å². The lowest BCUT2D eigenvalue weighted by molar-refractivity contribution is -0.385. The lowest BCUT2D eigenvalue weighted by atomic mass is 10.2. The zero-order chi connectivity index (χ0) is 13.8. The Hall–Kier alpha value is -2.11. The molecule has 2 N–H and O–H groups in total. The van der Waals surface area contributed by atoms with E-state index in [-0.39, 0.29) is 16.5 Å². The molecule has 0 aromatic heterocycles. The van der Waals surface area contributed by atoms with E-state index in [1.54, 1.807) is 18.2 Å². The van der Waals surface area contributed by atoms with Crippen LogP contribution in [0.1, 0.15) is 5.56 Å². The van der Waals surface area contributed by atoms with E-state index in [0.29, 0.717) is 12.3 Å². The van der Waals surface area contributed by atoms with Gasteiger partial charge in [0.05, 0.1) is 9.95 Å². The number of para-hydroxylation sites is 1. The minimum Gasteiger partial charge on any atom is -0.449 e. The van der Waals surface area contributed by atoms with Gasteiger partial charge in [-0.15, -0.1) is 0 Å². The van der Waals surface area contributed by atoms with E-state index < -0.39 is 4.92 Å². The number of halogens is 1. The van der Waals surface area contributed by atoms with Crippen molar-refractivity contribution in [2.75, 3.05) is 0 Å². The van der Waals surface area contributed by atoms with E-state index in [0.717, 1.165) is 5.56 Å². The van der Waals surface area contributed by atoms with Crippen LogP contribution in [0.3, 0.4) is 0 Å². The summed E-state index contributed by atoms with van der Waals surface area (Å²) >= 11 is 5.94. The molecule has 0 saturated heterocycles. The highest BCUT2D eigenvalue weighted by Crippen LogP contribution is 2.37. The highest BCUT2D eigenvalue weighted by atomic mass is 35.5. The first kappa shape index (κ1) is 13.3. The Bertz CT molecular complexity index is 617. The van der Waals surface area contributed by atoms with Crippen LogP contribution in [0.4, 0.5) is 5.69 Å². The number of rotatable bonds is 4. The predicted molar refractivity (Wildman–Crippen MR) is 72.5 cm³/mol.